The van der Waals surface area contributed by atoms with Crippen LogP contribution < -0.4 is 0 Å². The Morgan fingerprint density at radius 1 is 1.53 bits per heavy atom. The molecule has 1 heterocycles. The summed E-state index contributed by atoms with van der Waals surface area (Å²) < 4.78 is 0. The number of carbonyl (C=O) groups excluding carboxylic acids is 1. The number of fused-ring (bicyclic) bond motifs is 1. The number of rotatable bonds is 2. The SMILES string of the molecule is CN(C)CC1(C)Cc2sccc2C1=O.Cl. The molecule has 0 fully saturated rings. The predicted molar refractivity (Wildman–Crippen MR) is 66.3 cm³/mol. The minimum Gasteiger partial charge on any atom is -0.308 e. The Kier molecular flexibility index (Phi) is 3.59. The van der Waals surface area contributed by atoms with E-state index in [4.69, 9.17) is 0 Å². The molecule has 0 aromatic carbocycles. The lowest BCUT2D eigenvalue weighted by Gasteiger charge is -2.25. The molecule has 0 spiro atoms. The number of Topliss-reactive ketones (excluding diaryl/α,β-unsaturated/α-hetero) is 1. The Balaban J connectivity index is 0.00000112. The lowest BCUT2D eigenvalue weighted by atomic mass is 9.86. The average molecular weight is 246 g/mol. The van der Waals surface area contributed by atoms with Gasteiger partial charge in [0.05, 0.1) is 0 Å². The lowest BCUT2D eigenvalue weighted by molar-refractivity contribution is 0.0799. The van der Waals surface area contributed by atoms with Crippen LogP contribution in [0.5, 0.6) is 0 Å². The molecule has 1 aliphatic carbocycles. The van der Waals surface area contributed by atoms with Gasteiger partial charge in [-0.25, -0.2) is 0 Å². The van der Waals surface area contributed by atoms with Crippen molar-refractivity contribution in [2.45, 2.75) is 13.3 Å². The Hall–Kier alpha value is -0.380. The molecule has 0 aliphatic heterocycles. The first-order chi connectivity index (χ1) is 6.53. The van der Waals surface area contributed by atoms with Crippen LogP contribution >= 0.6 is 23.7 Å². The van der Waals surface area contributed by atoms with Gasteiger partial charge in [-0.3, -0.25) is 4.79 Å². The van der Waals surface area contributed by atoms with Crippen molar-refractivity contribution in [3.8, 4) is 0 Å². The highest BCUT2D eigenvalue weighted by molar-refractivity contribution is 7.10. The van der Waals surface area contributed by atoms with E-state index in [2.05, 4.69) is 11.8 Å². The number of thiophene rings is 1. The van der Waals surface area contributed by atoms with Gasteiger partial charge in [0.1, 0.15) is 0 Å². The zero-order chi connectivity index (χ0) is 10.3. The quantitative estimate of drug-likeness (QED) is 0.798. The lowest BCUT2D eigenvalue weighted by Crippen LogP contribution is -2.36. The van der Waals surface area contributed by atoms with E-state index in [9.17, 15) is 4.79 Å². The monoisotopic (exact) mass is 245 g/mol. The minimum absolute atomic E-state index is 0. The molecule has 0 saturated heterocycles. The van der Waals surface area contributed by atoms with Gasteiger partial charge in [0.15, 0.2) is 5.78 Å². The second-order valence-electron chi connectivity index (χ2n) is 4.56. The first kappa shape index (κ1) is 12.7. The van der Waals surface area contributed by atoms with Crippen molar-refractivity contribution in [2.24, 2.45) is 5.41 Å². The van der Waals surface area contributed by atoms with Gasteiger partial charge in [-0.1, -0.05) is 6.92 Å². The molecule has 1 aromatic rings. The maximum absolute atomic E-state index is 12.1. The van der Waals surface area contributed by atoms with Crippen molar-refractivity contribution < 1.29 is 4.79 Å². The summed E-state index contributed by atoms with van der Waals surface area (Å²) in [5.74, 6) is 0.322. The van der Waals surface area contributed by atoms with Crippen LogP contribution in [-0.2, 0) is 6.42 Å². The summed E-state index contributed by atoms with van der Waals surface area (Å²) in [7, 11) is 4.04. The van der Waals surface area contributed by atoms with Crippen LogP contribution in [0.3, 0.4) is 0 Å². The molecule has 1 unspecified atom stereocenters. The highest BCUT2D eigenvalue weighted by atomic mass is 35.5. The molecule has 0 amide bonds. The van der Waals surface area contributed by atoms with E-state index in [-0.39, 0.29) is 17.8 Å². The van der Waals surface area contributed by atoms with Gasteiger partial charge >= 0.3 is 0 Å². The second kappa shape index (κ2) is 4.24. The molecular formula is C11H16ClNOS. The number of carbonyl (C=O) groups is 1. The summed E-state index contributed by atoms with van der Waals surface area (Å²) >= 11 is 1.71. The summed E-state index contributed by atoms with van der Waals surface area (Å²) in [6.07, 6.45) is 0.914. The van der Waals surface area contributed by atoms with Gasteiger partial charge in [-0.15, -0.1) is 23.7 Å². The second-order valence-corrected chi connectivity index (χ2v) is 5.56. The molecule has 84 valence electrons. The molecule has 4 heteroatoms. The van der Waals surface area contributed by atoms with Crippen LogP contribution in [0, 0.1) is 5.41 Å². The molecule has 0 saturated carbocycles. The standard InChI is InChI=1S/C11H15NOS.ClH/c1-11(7-12(2)3)6-9-8(10(11)13)4-5-14-9;/h4-5H,6-7H2,1-3H3;1H. The fourth-order valence-corrected chi connectivity index (χ4v) is 3.32. The van der Waals surface area contributed by atoms with Gasteiger partial charge in [0, 0.05) is 22.4 Å². The smallest absolute Gasteiger partial charge is 0.171 e. The van der Waals surface area contributed by atoms with Crippen molar-refractivity contribution in [2.75, 3.05) is 20.6 Å². The van der Waals surface area contributed by atoms with E-state index in [0.717, 1.165) is 18.5 Å². The van der Waals surface area contributed by atoms with Gasteiger partial charge < -0.3 is 4.90 Å². The average Bonchev–Trinajstić information content (AvgIpc) is 2.55. The van der Waals surface area contributed by atoms with E-state index in [0.29, 0.717) is 5.78 Å². The Labute approximate surface area is 101 Å². The van der Waals surface area contributed by atoms with Gasteiger partial charge in [0.25, 0.3) is 0 Å². The zero-order valence-corrected chi connectivity index (χ0v) is 10.9. The predicted octanol–water partition coefficient (Wildman–Crippen LogP) is 2.48. The molecule has 0 radical (unpaired) electrons. The van der Waals surface area contributed by atoms with Crippen LogP contribution in [0.4, 0.5) is 0 Å². The number of halogens is 1. The van der Waals surface area contributed by atoms with Gasteiger partial charge in [0.2, 0.25) is 0 Å². The van der Waals surface area contributed by atoms with Crippen molar-refractivity contribution in [3.63, 3.8) is 0 Å². The summed E-state index contributed by atoms with van der Waals surface area (Å²) in [5.41, 5.74) is 0.769. The first-order valence-electron chi connectivity index (χ1n) is 4.79. The topological polar surface area (TPSA) is 20.3 Å². The molecule has 15 heavy (non-hydrogen) atoms. The van der Waals surface area contributed by atoms with Crippen LogP contribution in [0.15, 0.2) is 11.4 Å². The van der Waals surface area contributed by atoms with E-state index < -0.39 is 0 Å². The van der Waals surface area contributed by atoms with Gasteiger partial charge in [-0.05, 0) is 32.0 Å². The van der Waals surface area contributed by atoms with Crippen molar-refractivity contribution in [3.05, 3.63) is 21.9 Å². The summed E-state index contributed by atoms with van der Waals surface area (Å²) in [4.78, 5) is 15.5. The number of ketones is 1. The number of hydrogen-bond donors (Lipinski definition) is 0. The van der Waals surface area contributed by atoms with Crippen LogP contribution in [0.2, 0.25) is 0 Å². The Morgan fingerprint density at radius 3 is 2.73 bits per heavy atom. The van der Waals surface area contributed by atoms with E-state index in [1.807, 2.05) is 25.5 Å². The van der Waals surface area contributed by atoms with E-state index >= 15 is 0 Å². The van der Waals surface area contributed by atoms with E-state index in [1.54, 1.807) is 11.3 Å². The molecule has 0 bridgehead atoms. The summed E-state index contributed by atoms with van der Waals surface area (Å²) in [6.45, 7) is 2.91. The third kappa shape index (κ3) is 2.10. The highest BCUT2D eigenvalue weighted by Gasteiger charge is 2.42. The fraction of sp³-hybridized carbons (Fsp3) is 0.545. The molecule has 2 nitrogen and oxygen atoms in total. The molecule has 1 atom stereocenters. The van der Waals surface area contributed by atoms with E-state index in [1.165, 1.54) is 4.88 Å². The van der Waals surface area contributed by atoms with Gasteiger partial charge in [-0.2, -0.15) is 0 Å². The van der Waals surface area contributed by atoms with Crippen LogP contribution in [0.25, 0.3) is 0 Å². The third-order valence-electron chi connectivity index (χ3n) is 2.75. The Morgan fingerprint density at radius 2 is 2.20 bits per heavy atom. The fourth-order valence-electron chi connectivity index (χ4n) is 2.27. The van der Waals surface area contributed by atoms with Crippen LogP contribution in [-0.4, -0.2) is 31.3 Å². The van der Waals surface area contributed by atoms with Crippen molar-refractivity contribution >= 4 is 29.5 Å². The number of nitrogens with zero attached hydrogens (tertiary/aromatic N) is 1. The molecule has 1 aromatic heterocycles. The highest BCUT2D eigenvalue weighted by Crippen LogP contribution is 2.39. The molecule has 2 rings (SSSR count). The molecular weight excluding hydrogens is 230 g/mol. The number of hydrogen-bond acceptors (Lipinski definition) is 3. The maximum atomic E-state index is 12.1. The molecule has 0 N–H and O–H groups in total. The van der Waals surface area contributed by atoms with Crippen LogP contribution in [0.1, 0.15) is 22.2 Å². The van der Waals surface area contributed by atoms with Crippen molar-refractivity contribution in [1.82, 2.24) is 4.90 Å². The maximum Gasteiger partial charge on any atom is 0.171 e. The molecule has 1 aliphatic rings. The van der Waals surface area contributed by atoms with Crippen molar-refractivity contribution in [1.29, 1.82) is 0 Å². The third-order valence-corrected chi connectivity index (χ3v) is 3.68. The summed E-state index contributed by atoms with van der Waals surface area (Å²) in [5, 5.41) is 2.01. The normalized spacial score (nSPS) is 24.1. The Bertz CT molecular complexity index is 374. The largest absolute Gasteiger partial charge is 0.308 e. The summed E-state index contributed by atoms with van der Waals surface area (Å²) in [6, 6.07) is 1.96. The first-order valence-corrected chi connectivity index (χ1v) is 5.67. The zero-order valence-electron chi connectivity index (χ0n) is 9.24. The minimum atomic E-state index is -0.189.